The fourth-order valence-corrected chi connectivity index (χ4v) is 5.04. The van der Waals surface area contributed by atoms with E-state index in [0.717, 1.165) is 28.4 Å². The van der Waals surface area contributed by atoms with E-state index in [1.165, 1.54) is 6.92 Å². The molecule has 0 saturated carbocycles. The molecular formula is C11H13N2NaO5S2. The number of carbonyl (C=O) groups excluding carboxylic acids is 3. The van der Waals surface area contributed by atoms with Gasteiger partial charge in [0, 0.05) is 0 Å². The maximum atomic E-state index is 11.9. The summed E-state index contributed by atoms with van der Waals surface area (Å²) in [5.74, 6) is -3.14. The van der Waals surface area contributed by atoms with E-state index in [-0.39, 0.29) is 35.3 Å². The summed E-state index contributed by atoms with van der Waals surface area (Å²) in [5.41, 5.74) is 4.91. The Balaban J connectivity index is 0.00000220. The van der Waals surface area contributed by atoms with Gasteiger partial charge in [0.05, 0.1) is 33.2 Å². The molecule has 0 radical (unpaired) electrons. The molecule has 7 nitrogen and oxygen atoms in total. The van der Waals surface area contributed by atoms with Crippen LogP contribution >= 0.6 is 23.5 Å². The first-order chi connectivity index (χ1) is 9.25. The molecule has 1 unspecified atom stereocenters. The third kappa shape index (κ3) is 3.27. The van der Waals surface area contributed by atoms with Crippen LogP contribution in [0.4, 0.5) is 0 Å². The van der Waals surface area contributed by atoms with E-state index in [4.69, 9.17) is 5.73 Å². The second-order valence-electron chi connectivity index (χ2n) is 4.57. The average molecular weight is 340 g/mol. The molecule has 4 atom stereocenters. The number of β-lactam (4-membered cyclic amide) rings is 1. The van der Waals surface area contributed by atoms with Crippen molar-refractivity contribution in [3.63, 3.8) is 0 Å². The fourth-order valence-electron chi connectivity index (χ4n) is 2.04. The third-order valence-electron chi connectivity index (χ3n) is 3.14. The molecule has 0 bridgehead atoms. The van der Waals surface area contributed by atoms with Gasteiger partial charge in [0.2, 0.25) is 11.8 Å². The SMILES string of the molecule is CC(SC1=C(C(=O)[O-])N2C(=O)[C@H]([C@@H](C)O)[C@H]2S1)C(N)=O.[Na+]. The van der Waals surface area contributed by atoms with E-state index >= 15 is 0 Å². The van der Waals surface area contributed by atoms with Crippen LogP contribution in [0.2, 0.25) is 0 Å². The Hall–Kier alpha value is -0.190. The minimum Gasteiger partial charge on any atom is -0.543 e. The summed E-state index contributed by atoms with van der Waals surface area (Å²) < 4.78 is 0.317. The quantitative estimate of drug-likeness (QED) is 0.381. The van der Waals surface area contributed by atoms with Crippen molar-refractivity contribution in [3.05, 3.63) is 9.93 Å². The van der Waals surface area contributed by atoms with E-state index in [1.54, 1.807) is 6.92 Å². The van der Waals surface area contributed by atoms with Crippen molar-refractivity contribution >= 4 is 41.3 Å². The number of carbonyl (C=O) groups is 3. The van der Waals surface area contributed by atoms with Crippen LogP contribution in [0.3, 0.4) is 0 Å². The van der Waals surface area contributed by atoms with E-state index in [9.17, 15) is 24.6 Å². The van der Waals surface area contributed by atoms with Gasteiger partial charge in [-0.05, 0) is 13.8 Å². The maximum Gasteiger partial charge on any atom is 1.00 e. The monoisotopic (exact) mass is 340 g/mol. The van der Waals surface area contributed by atoms with Crippen LogP contribution in [0, 0.1) is 5.92 Å². The number of nitrogens with zero attached hydrogens (tertiary/aromatic N) is 1. The van der Waals surface area contributed by atoms with Crippen molar-refractivity contribution < 1.29 is 54.2 Å². The number of hydrogen-bond donors (Lipinski definition) is 2. The molecule has 21 heavy (non-hydrogen) atoms. The van der Waals surface area contributed by atoms with Crippen LogP contribution < -0.4 is 40.4 Å². The predicted molar refractivity (Wildman–Crippen MR) is 71.7 cm³/mol. The maximum absolute atomic E-state index is 11.9. The number of primary amides is 1. The largest absolute Gasteiger partial charge is 1.00 e. The Morgan fingerprint density at radius 2 is 2.05 bits per heavy atom. The van der Waals surface area contributed by atoms with Gasteiger partial charge in [-0.15, -0.1) is 11.8 Å². The second-order valence-corrected chi connectivity index (χ2v) is 7.31. The minimum atomic E-state index is -1.48. The smallest absolute Gasteiger partial charge is 0.543 e. The van der Waals surface area contributed by atoms with Crippen molar-refractivity contribution in [2.24, 2.45) is 11.7 Å². The number of hydrogen-bond acceptors (Lipinski definition) is 7. The molecular weight excluding hydrogens is 327 g/mol. The first-order valence-electron chi connectivity index (χ1n) is 5.85. The number of fused-ring (bicyclic) bond motifs is 1. The standard InChI is InChI=1S/C11H14N2O5S2.Na/c1-3(14)5-8(16)13-6(10(17)18)11(20-9(5)13)19-4(2)7(12)15;/h3-5,9,14H,1-2H3,(H2,12,15)(H,17,18);/q;+1/p-1/t3-,4?,5+,9-;/m1./s1. The van der Waals surface area contributed by atoms with Crippen LogP contribution in [-0.4, -0.2) is 44.5 Å². The molecule has 0 aromatic heterocycles. The summed E-state index contributed by atoms with van der Waals surface area (Å²) in [5, 5.41) is 19.7. The van der Waals surface area contributed by atoms with Gasteiger partial charge in [-0.2, -0.15) is 0 Å². The Morgan fingerprint density at radius 1 is 1.48 bits per heavy atom. The molecule has 1 fully saturated rings. The molecule has 0 spiro atoms. The van der Waals surface area contributed by atoms with Gasteiger partial charge in [-0.3, -0.25) is 14.5 Å². The molecule has 110 valence electrons. The van der Waals surface area contributed by atoms with Gasteiger partial charge in [-0.1, -0.05) is 11.8 Å². The van der Waals surface area contributed by atoms with Crippen molar-refractivity contribution in [2.75, 3.05) is 0 Å². The van der Waals surface area contributed by atoms with Crippen LogP contribution in [0.1, 0.15) is 13.8 Å². The van der Waals surface area contributed by atoms with Crippen molar-refractivity contribution in [1.82, 2.24) is 4.90 Å². The summed E-state index contributed by atoms with van der Waals surface area (Å²) >= 11 is 2.13. The van der Waals surface area contributed by atoms with Crippen molar-refractivity contribution in [3.8, 4) is 0 Å². The van der Waals surface area contributed by atoms with Crippen LogP contribution in [0.15, 0.2) is 9.93 Å². The number of thioether (sulfide) groups is 2. The number of aliphatic carboxylic acids is 1. The van der Waals surface area contributed by atoms with Gasteiger partial charge in [0.15, 0.2) is 0 Å². The van der Waals surface area contributed by atoms with E-state index in [2.05, 4.69) is 0 Å². The molecule has 0 aromatic carbocycles. The first kappa shape index (κ1) is 18.9. The summed E-state index contributed by atoms with van der Waals surface area (Å²) in [7, 11) is 0. The number of rotatable bonds is 5. The summed E-state index contributed by atoms with van der Waals surface area (Å²) in [6.07, 6.45) is -0.864. The summed E-state index contributed by atoms with van der Waals surface area (Å²) in [6, 6.07) is 0. The van der Waals surface area contributed by atoms with Crippen molar-refractivity contribution in [1.29, 1.82) is 0 Å². The van der Waals surface area contributed by atoms with Gasteiger partial charge in [-0.25, -0.2) is 0 Å². The van der Waals surface area contributed by atoms with E-state index < -0.39 is 40.4 Å². The fraction of sp³-hybridized carbons (Fsp3) is 0.545. The van der Waals surface area contributed by atoms with Gasteiger partial charge in [0.1, 0.15) is 5.37 Å². The minimum absolute atomic E-state index is 0. The summed E-state index contributed by atoms with van der Waals surface area (Å²) in [4.78, 5) is 35.3. The molecule has 0 aliphatic carbocycles. The van der Waals surface area contributed by atoms with Crippen molar-refractivity contribution in [2.45, 2.75) is 30.6 Å². The molecule has 2 aliphatic rings. The zero-order valence-electron chi connectivity index (χ0n) is 11.7. The topological polar surface area (TPSA) is 124 Å². The zero-order valence-corrected chi connectivity index (χ0v) is 15.4. The number of carboxylic acids is 1. The molecule has 10 heteroatoms. The molecule has 2 rings (SSSR count). The van der Waals surface area contributed by atoms with Crippen LogP contribution in [0.5, 0.6) is 0 Å². The number of carboxylic acid groups (broad SMARTS) is 1. The van der Waals surface area contributed by atoms with Gasteiger partial charge >= 0.3 is 29.6 Å². The Labute approximate surface area is 152 Å². The normalized spacial score (nSPS) is 26.6. The second kappa shape index (κ2) is 6.93. The Morgan fingerprint density at radius 3 is 2.48 bits per heavy atom. The average Bonchev–Trinajstić information content (AvgIpc) is 2.63. The van der Waals surface area contributed by atoms with Gasteiger partial charge < -0.3 is 20.7 Å². The zero-order chi connectivity index (χ0) is 15.2. The Bertz CT molecular complexity index is 525. The molecule has 1 saturated heterocycles. The van der Waals surface area contributed by atoms with E-state index in [0.29, 0.717) is 4.24 Å². The third-order valence-corrected chi connectivity index (χ3v) is 5.87. The van der Waals surface area contributed by atoms with Crippen LogP contribution in [0.25, 0.3) is 0 Å². The van der Waals surface area contributed by atoms with E-state index in [1.807, 2.05) is 0 Å². The molecule has 2 amide bonds. The number of amides is 2. The first-order valence-corrected chi connectivity index (χ1v) is 7.61. The van der Waals surface area contributed by atoms with Crippen LogP contribution in [-0.2, 0) is 14.4 Å². The number of nitrogens with two attached hydrogens (primary N) is 1. The van der Waals surface area contributed by atoms with Gasteiger partial charge in [0.25, 0.3) is 0 Å². The predicted octanol–water partition coefficient (Wildman–Crippen LogP) is -4.57. The molecule has 3 N–H and O–H groups in total. The molecule has 2 aliphatic heterocycles. The summed E-state index contributed by atoms with van der Waals surface area (Å²) in [6.45, 7) is 3.04. The molecule has 0 aromatic rings. The molecule has 2 heterocycles. The number of aliphatic hydroxyl groups is 1. The Kier molecular flexibility index (Phi) is 6.22. The number of aliphatic hydroxyl groups excluding tert-OH is 1.